The molecule has 3 nitrogen and oxygen atoms in total. The Hall–Kier alpha value is -0.130. The van der Waals surface area contributed by atoms with E-state index in [1.807, 2.05) is 6.07 Å². The van der Waals surface area contributed by atoms with Gasteiger partial charge in [0.1, 0.15) is 18.0 Å². The van der Waals surface area contributed by atoms with Gasteiger partial charge in [-0.3, -0.25) is 4.98 Å². The van der Waals surface area contributed by atoms with Gasteiger partial charge in [0.2, 0.25) is 0 Å². The average molecular weight is 337 g/mol. The Bertz CT molecular complexity index is 348. The summed E-state index contributed by atoms with van der Waals surface area (Å²) < 4.78 is 12.0. The normalized spacial score (nSPS) is 29.7. The number of nitrogens with zero attached hydrogens (tertiary/aromatic N) is 1. The molecule has 0 saturated heterocycles. The Kier molecular flexibility index (Phi) is 3.64. The number of aromatic nitrogens is 1. The van der Waals surface area contributed by atoms with Gasteiger partial charge < -0.3 is 9.47 Å². The van der Waals surface area contributed by atoms with Crippen molar-refractivity contribution in [3.8, 4) is 5.75 Å². The molecule has 3 atom stereocenters. The number of rotatable bonds is 3. The highest BCUT2D eigenvalue weighted by Crippen LogP contribution is 2.33. The Morgan fingerprint density at radius 3 is 2.87 bits per heavy atom. The first-order valence-corrected chi connectivity index (χ1v) is 6.35. The van der Waals surface area contributed by atoms with Crippen LogP contribution in [0.2, 0.25) is 0 Å². The van der Waals surface area contributed by atoms with Crippen molar-refractivity contribution in [1.29, 1.82) is 0 Å². The van der Waals surface area contributed by atoms with Crippen LogP contribution in [0.25, 0.3) is 0 Å². The van der Waals surface area contributed by atoms with E-state index in [1.54, 1.807) is 19.5 Å². The Morgan fingerprint density at radius 1 is 1.47 bits per heavy atom. The second-order valence-electron chi connectivity index (χ2n) is 3.45. The van der Waals surface area contributed by atoms with Crippen LogP contribution in [0.15, 0.2) is 22.9 Å². The fourth-order valence-corrected chi connectivity index (χ4v) is 2.84. The molecule has 1 heterocycles. The average Bonchev–Trinajstić information content (AvgIpc) is 2.17. The Balaban J connectivity index is 1.98. The van der Waals surface area contributed by atoms with Crippen molar-refractivity contribution in [2.45, 2.75) is 23.5 Å². The zero-order valence-corrected chi connectivity index (χ0v) is 11.4. The third-order valence-corrected chi connectivity index (χ3v) is 3.75. The van der Waals surface area contributed by atoms with Crippen molar-refractivity contribution in [2.75, 3.05) is 7.11 Å². The van der Waals surface area contributed by atoms with Crippen LogP contribution in [0.1, 0.15) is 6.42 Å². The molecule has 3 unspecified atom stereocenters. The molecular weight excluding hydrogens is 326 g/mol. The van der Waals surface area contributed by atoms with Gasteiger partial charge in [-0.2, -0.15) is 0 Å². The van der Waals surface area contributed by atoms with Gasteiger partial charge in [0, 0.05) is 29.0 Å². The minimum Gasteiger partial charge on any atom is -0.486 e. The molecule has 0 aliphatic heterocycles. The second kappa shape index (κ2) is 4.80. The van der Waals surface area contributed by atoms with E-state index in [-0.39, 0.29) is 12.2 Å². The van der Waals surface area contributed by atoms with Gasteiger partial charge >= 0.3 is 0 Å². The molecule has 1 aliphatic carbocycles. The number of hydrogen-bond donors (Lipinski definition) is 0. The van der Waals surface area contributed by atoms with Crippen molar-refractivity contribution < 1.29 is 9.47 Å². The molecule has 1 aromatic heterocycles. The van der Waals surface area contributed by atoms with Gasteiger partial charge in [-0.25, -0.2) is 0 Å². The Labute approximate surface area is 105 Å². The minimum atomic E-state index is 0.121. The molecule has 0 spiro atoms. The number of alkyl halides is 1. The zero-order valence-electron chi connectivity index (χ0n) is 8.19. The van der Waals surface area contributed by atoms with E-state index in [0.29, 0.717) is 4.83 Å². The van der Waals surface area contributed by atoms with Crippen LogP contribution in [0.3, 0.4) is 0 Å². The molecule has 5 heteroatoms. The van der Waals surface area contributed by atoms with Gasteiger partial charge in [0.15, 0.2) is 0 Å². The van der Waals surface area contributed by atoms with E-state index < -0.39 is 0 Å². The maximum absolute atomic E-state index is 5.76. The summed E-state index contributed by atoms with van der Waals surface area (Å²) in [5.41, 5.74) is 0. The molecule has 1 fully saturated rings. The summed E-state index contributed by atoms with van der Waals surface area (Å²) in [6.07, 6.45) is 4.65. The number of pyridine rings is 1. The molecule has 1 saturated carbocycles. The van der Waals surface area contributed by atoms with Crippen molar-refractivity contribution in [3.63, 3.8) is 0 Å². The van der Waals surface area contributed by atoms with Crippen molar-refractivity contribution >= 4 is 31.9 Å². The predicted octanol–water partition coefficient (Wildman–Crippen LogP) is 2.77. The van der Waals surface area contributed by atoms with Crippen molar-refractivity contribution in [3.05, 3.63) is 22.9 Å². The smallest absolute Gasteiger partial charge is 0.139 e. The fourth-order valence-electron chi connectivity index (χ4n) is 1.57. The van der Waals surface area contributed by atoms with E-state index in [2.05, 4.69) is 36.8 Å². The van der Waals surface area contributed by atoms with E-state index in [0.717, 1.165) is 16.6 Å². The highest BCUT2D eigenvalue weighted by atomic mass is 79.9. The summed E-state index contributed by atoms with van der Waals surface area (Å²) in [4.78, 5) is 4.44. The van der Waals surface area contributed by atoms with Crippen LogP contribution < -0.4 is 4.74 Å². The first-order valence-electron chi connectivity index (χ1n) is 4.65. The lowest BCUT2D eigenvalue weighted by Crippen LogP contribution is -2.51. The predicted molar refractivity (Wildman–Crippen MR) is 64.5 cm³/mol. The van der Waals surface area contributed by atoms with E-state index >= 15 is 0 Å². The molecule has 0 amide bonds. The highest BCUT2D eigenvalue weighted by molar-refractivity contribution is 9.10. The quantitative estimate of drug-likeness (QED) is 0.795. The van der Waals surface area contributed by atoms with E-state index in [9.17, 15) is 0 Å². The molecule has 82 valence electrons. The largest absolute Gasteiger partial charge is 0.486 e. The van der Waals surface area contributed by atoms with Crippen LogP contribution in [-0.4, -0.2) is 29.1 Å². The lowest BCUT2D eigenvalue weighted by molar-refractivity contribution is -0.0546. The molecule has 1 aliphatic rings. The van der Waals surface area contributed by atoms with Gasteiger partial charge in [0.25, 0.3) is 0 Å². The number of ether oxygens (including phenoxy) is 2. The van der Waals surface area contributed by atoms with E-state index in [4.69, 9.17) is 9.47 Å². The molecule has 0 aromatic carbocycles. The monoisotopic (exact) mass is 335 g/mol. The zero-order chi connectivity index (χ0) is 10.8. The highest BCUT2D eigenvalue weighted by Gasteiger charge is 2.41. The summed E-state index contributed by atoms with van der Waals surface area (Å²) in [5, 5.41) is 0. The van der Waals surface area contributed by atoms with Crippen LogP contribution >= 0.6 is 31.9 Å². The molecule has 0 radical (unpaired) electrons. The maximum Gasteiger partial charge on any atom is 0.139 e. The topological polar surface area (TPSA) is 31.4 Å². The Morgan fingerprint density at radius 2 is 2.27 bits per heavy atom. The first-order chi connectivity index (χ1) is 7.20. The second-order valence-corrected chi connectivity index (χ2v) is 5.54. The molecule has 15 heavy (non-hydrogen) atoms. The van der Waals surface area contributed by atoms with Crippen LogP contribution in [0, 0.1) is 0 Å². The molecule has 2 rings (SSSR count). The lowest BCUT2D eigenvalue weighted by Gasteiger charge is -2.39. The molecular formula is C10H11Br2NO2. The maximum atomic E-state index is 5.76. The van der Waals surface area contributed by atoms with Gasteiger partial charge in [0.05, 0.1) is 6.20 Å². The summed E-state index contributed by atoms with van der Waals surface area (Å²) in [6, 6.07) is 1.90. The summed E-state index contributed by atoms with van der Waals surface area (Å²) in [7, 11) is 1.70. The molecule has 0 bridgehead atoms. The van der Waals surface area contributed by atoms with Crippen LogP contribution in [0.4, 0.5) is 0 Å². The summed E-state index contributed by atoms with van der Waals surface area (Å²) >= 11 is 6.88. The molecule has 0 N–H and O–H groups in total. The first kappa shape index (κ1) is 11.4. The lowest BCUT2D eigenvalue weighted by atomic mass is 9.91. The van der Waals surface area contributed by atoms with Crippen molar-refractivity contribution in [2.24, 2.45) is 0 Å². The summed E-state index contributed by atoms with van der Waals surface area (Å²) in [6.45, 7) is 0. The standard InChI is InChI=1S/C10H11Br2NO2/c1-14-10-8(12)3-9(10)15-7-2-6(11)4-13-5-7/h2,4-5,8-10H,3H2,1H3. The van der Waals surface area contributed by atoms with Gasteiger partial charge in [-0.1, -0.05) is 15.9 Å². The third-order valence-electron chi connectivity index (χ3n) is 2.42. The molecule has 1 aromatic rings. The summed E-state index contributed by atoms with van der Waals surface area (Å²) in [5.74, 6) is 0.774. The SMILES string of the molecule is COC1C(Br)CC1Oc1cncc(Br)c1. The van der Waals surface area contributed by atoms with Crippen LogP contribution in [0.5, 0.6) is 5.75 Å². The number of methoxy groups -OCH3 is 1. The number of halogens is 2. The minimum absolute atomic E-state index is 0.121. The number of hydrogen-bond acceptors (Lipinski definition) is 3. The fraction of sp³-hybridized carbons (Fsp3) is 0.500. The van der Waals surface area contributed by atoms with Crippen molar-refractivity contribution in [1.82, 2.24) is 4.98 Å². The third kappa shape index (κ3) is 2.52. The van der Waals surface area contributed by atoms with Gasteiger partial charge in [-0.05, 0) is 22.0 Å². The van der Waals surface area contributed by atoms with Crippen LogP contribution in [-0.2, 0) is 4.74 Å². The van der Waals surface area contributed by atoms with E-state index in [1.165, 1.54) is 0 Å². The van der Waals surface area contributed by atoms with Gasteiger partial charge in [-0.15, -0.1) is 0 Å².